The molecule has 0 aliphatic carbocycles. The molecule has 0 spiro atoms. The lowest BCUT2D eigenvalue weighted by Crippen LogP contribution is -2.49. The number of benzene rings is 1. The van der Waals surface area contributed by atoms with Crippen LogP contribution in [0.4, 0.5) is 0 Å². The van der Waals surface area contributed by atoms with Crippen LogP contribution in [0, 0.1) is 0 Å². The van der Waals surface area contributed by atoms with Gasteiger partial charge in [0.1, 0.15) is 0 Å². The van der Waals surface area contributed by atoms with Crippen molar-refractivity contribution in [3.05, 3.63) is 35.9 Å². The topological polar surface area (TPSA) is 42.9 Å². The Balaban J connectivity index is 0.00000364. The number of piperazine rings is 1. The number of hydrogen-bond acceptors (Lipinski definition) is 3. The predicted octanol–water partition coefficient (Wildman–Crippen LogP) is 2.82. The highest BCUT2D eigenvalue weighted by Crippen LogP contribution is 2.06. The van der Waals surface area contributed by atoms with Crippen LogP contribution in [0.25, 0.3) is 0 Å². The molecule has 1 saturated heterocycles. The fraction of sp³-hybridized carbons (Fsp3) is 0.667. The van der Waals surface area contributed by atoms with Gasteiger partial charge in [0.05, 0.1) is 6.54 Å². The third kappa shape index (κ3) is 9.25. The van der Waals surface area contributed by atoms with Gasteiger partial charge in [0.2, 0.25) is 0 Å². The summed E-state index contributed by atoms with van der Waals surface area (Å²) in [6, 6.07) is 11.6. The number of likely N-dealkylation sites (N-methyl/N-ethyl adjacent to an activating group) is 1. The molecule has 0 amide bonds. The van der Waals surface area contributed by atoms with E-state index in [1.54, 1.807) is 0 Å². The van der Waals surface area contributed by atoms with Crippen molar-refractivity contribution in [1.82, 2.24) is 20.4 Å². The van der Waals surface area contributed by atoms with E-state index in [4.69, 9.17) is 4.99 Å². The van der Waals surface area contributed by atoms with E-state index in [1.165, 1.54) is 5.56 Å². The molecule has 2 unspecified atom stereocenters. The highest BCUT2D eigenvalue weighted by molar-refractivity contribution is 14.0. The predicted molar refractivity (Wildman–Crippen MR) is 127 cm³/mol. The second-order valence-corrected chi connectivity index (χ2v) is 7.48. The maximum absolute atomic E-state index is 4.84. The molecule has 1 aromatic carbocycles. The van der Waals surface area contributed by atoms with E-state index in [9.17, 15) is 0 Å². The van der Waals surface area contributed by atoms with E-state index >= 15 is 0 Å². The summed E-state index contributed by atoms with van der Waals surface area (Å²) in [5.74, 6) is 0.939. The molecule has 27 heavy (non-hydrogen) atoms. The van der Waals surface area contributed by atoms with E-state index in [0.29, 0.717) is 12.1 Å². The second kappa shape index (κ2) is 13.3. The molecule has 0 aromatic heterocycles. The minimum Gasteiger partial charge on any atom is -0.357 e. The number of aryl methyl sites for hydroxylation is 1. The van der Waals surface area contributed by atoms with Crippen molar-refractivity contribution < 1.29 is 0 Å². The Bertz CT molecular complexity index is 529. The number of nitrogens with one attached hydrogen (secondary N) is 2. The zero-order chi connectivity index (χ0) is 18.8. The largest absolute Gasteiger partial charge is 0.357 e. The van der Waals surface area contributed by atoms with Crippen LogP contribution >= 0.6 is 24.0 Å². The van der Waals surface area contributed by atoms with Crippen molar-refractivity contribution in [2.24, 2.45) is 4.99 Å². The summed E-state index contributed by atoms with van der Waals surface area (Å²) >= 11 is 0. The molecule has 1 aliphatic heterocycles. The minimum absolute atomic E-state index is 0. The summed E-state index contributed by atoms with van der Waals surface area (Å²) < 4.78 is 0. The Morgan fingerprint density at radius 1 is 1.11 bits per heavy atom. The van der Waals surface area contributed by atoms with Gasteiger partial charge in [-0.15, -0.1) is 24.0 Å². The molecule has 2 rings (SSSR count). The number of rotatable bonds is 8. The van der Waals surface area contributed by atoms with Crippen LogP contribution in [0.2, 0.25) is 0 Å². The lowest BCUT2D eigenvalue weighted by atomic mass is 10.1. The van der Waals surface area contributed by atoms with E-state index in [2.05, 4.69) is 78.6 Å². The molecule has 0 bridgehead atoms. The number of aliphatic imine (C=N–C) groups is 1. The van der Waals surface area contributed by atoms with Crippen molar-refractivity contribution >= 4 is 29.9 Å². The highest BCUT2D eigenvalue weighted by atomic mass is 127. The smallest absolute Gasteiger partial charge is 0.191 e. The first-order valence-corrected chi connectivity index (χ1v) is 10.1. The van der Waals surface area contributed by atoms with Gasteiger partial charge < -0.3 is 15.5 Å². The molecule has 1 heterocycles. The van der Waals surface area contributed by atoms with Gasteiger partial charge in [0, 0.05) is 44.8 Å². The lowest BCUT2D eigenvalue weighted by Gasteiger charge is -2.36. The SMILES string of the molecule is CCNC(=NCC(C)N1CCN(C)CC1)NC(C)CCc1ccccc1.I. The Hall–Kier alpha value is -0.860. The molecule has 2 N–H and O–H groups in total. The van der Waals surface area contributed by atoms with Gasteiger partial charge in [0.25, 0.3) is 0 Å². The molecule has 6 heteroatoms. The van der Waals surface area contributed by atoms with Crippen molar-refractivity contribution in [1.29, 1.82) is 0 Å². The fourth-order valence-corrected chi connectivity index (χ4v) is 3.25. The summed E-state index contributed by atoms with van der Waals surface area (Å²) in [4.78, 5) is 9.78. The molecule has 2 atom stereocenters. The maximum atomic E-state index is 4.84. The molecule has 154 valence electrons. The number of nitrogens with zero attached hydrogens (tertiary/aromatic N) is 3. The van der Waals surface area contributed by atoms with Gasteiger partial charge in [-0.3, -0.25) is 9.89 Å². The number of hydrogen-bond donors (Lipinski definition) is 2. The van der Waals surface area contributed by atoms with Gasteiger partial charge in [-0.1, -0.05) is 30.3 Å². The first kappa shape index (κ1) is 24.2. The van der Waals surface area contributed by atoms with Crippen LogP contribution in [0.5, 0.6) is 0 Å². The first-order chi connectivity index (χ1) is 12.6. The molecule has 5 nitrogen and oxygen atoms in total. The van der Waals surface area contributed by atoms with Crippen LogP contribution in [0.3, 0.4) is 0 Å². The molecule has 1 aromatic rings. The molecular formula is C21H38IN5. The van der Waals surface area contributed by atoms with E-state index in [1.807, 2.05) is 0 Å². The fourth-order valence-electron chi connectivity index (χ4n) is 3.25. The Kier molecular flexibility index (Phi) is 11.9. The van der Waals surface area contributed by atoms with Crippen LogP contribution in [-0.4, -0.2) is 74.2 Å². The van der Waals surface area contributed by atoms with E-state index in [0.717, 1.165) is 58.1 Å². The second-order valence-electron chi connectivity index (χ2n) is 7.48. The molecule has 0 saturated carbocycles. The number of halogens is 1. The van der Waals surface area contributed by atoms with Gasteiger partial charge in [-0.2, -0.15) is 0 Å². The Morgan fingerprint density at radius 3 is 2.41 bits per heavy atom. The monoisotopic (exact) mass is 487 g/mol. The summed E-state index contributed by atoms with van der Waals surface area (Å²) in [5, 5.41) is 6.95. The third-order valence-electron chi connectivity index (χ3n) is 5.11. The van der Waals surface area contributed by atoms with Crippen LogP contribution in [0.1, 0.15) is 32.8 Å². The lowest BCUT2D eigenvalue weighted by molar-refractivity contribution is 0.122. The zero-order valence-corrected chi connectivity index (χ0v) is 19.8. The summed E-state index contributed by atoms with van der Waals surface area (Å²) in [6.07, 6.45) is 2.19. The molecular weight excluding hydrogens is 449 g/mol. The maximum Gasteiger partial charge on any atom is 0.191 e. The van der Waals surface area contributed by atoms with Crippen molar-refractivity contribution in [3.8, 4) is 0 Å². The first-order valence-electron chi connectivity index (χ1n) is 10.1. The average molecular weight is 487 g/mol. The standard InChI is InChI=1S/C21H37N5.HI/c1-5-22-21(23-17-19(3)26-15-13-25(4)14-16-26)24-18(2)11-12-20-9-7-6-8-10-20;/h6-10,18-19H,5,11-17H2,1-4H3,(H2,22,23,24);1H. The van der Waals surface area contributed by atoms with E-state index in [-0.39, 0.29) is 24.0 Å². The van der Waals surface area contributed by atoms with Gasteiger partial charge in [-0.05, 0) is 46.2 Å². The summed E-state index contributed by atoms with van der Waals surface area (Å²) in [7, 11) is 2.20. The average Bonchev–Trinajstić information content (AvgIpc) is 2.66. The molecule has 1 aliphatic rings. The third-order valence-corrected chi connectivity index (χ3v) is 5.11. The summed E-state index contributed by atoms with van der Waals surface area (Å²) in [5.41, 5.74) is 1.40. The van der Waals surface area contributed by atoms with Crippen molar-refractivity contribution in [2.45, 2.75) is 45.7 Å². The zero-order valence-electron chi connectivity index (χ0n) is 17.4. The van der Waals surface area contributed by atoms with Crippen LogP contribution < -0.4 is 10.6 Å². The summed E-state index contributed by atoms with van der Waals surface area (Å²) in [6.45, 7) is 13.0. The van der Waals surface area contributed by atoms with Crippen molar-refractivity contribution in [2.75, 3.05) is 46.3 Å². The van der Waals surface area contributed by atoms with Gasteiger partial charge >= 0.3 is 0 Å². The Morgan fingerprint density at radius 2 is 1.78 bits per heavy atom. The van der Waals surface area contributed by atoms with Gasteiger partial charge in [-0.25, -0.2) is 0 Å². The number of guanidine groups is 1. The quantitative estimate of drug-likeness (QED) is 0.336. The van der Waals surface area contributed by atoms with Crippen LogP contribution in [0.15, 0.2) is 35.3 Å². The van der Waals surface area contributed by atoms with Crippen LogP contribution in [-0.2, 0) is 6.42 Å². The molecule has 0 radical (unpaired) electrons. The van der Waals surface area contributed by atoms with Gasteiger partial charge in [0.15, 0.2) is 5.96 Å². The normalized spacial score (nSPS) is 18.4. The minimum atomic E-state index is 0. The van der Waals surface area contributed by atoms with Crippen molar-refractivity contribution in [3.63, 3.8) is 0 Å². The van der Waals surface area contributed by atoms with E-state index < -0.39 is 0 Å². The Labute approximate surface area is 183 Å². The highest BCUT2D eigenvalue weighted by Gasteiger charge is 2.18. The molecule has 1 fully saturated rings.